The average molecular weight is 296 g/mol. The topological polar surface area (TPSA) is 12.4 Å². The number of aryl methyl sites for hydroxylation is 3. The number of nitrogens with zero attached hydrogens (tertiary/aromatic N) is 1. The van der Waals surface area contributed by atoms with E-state index in [4.69, 9.17) is 11.6 Å². The van der Waals surface area contributed by atoms with Gasteiger partial charge in [0.05, 0.1) is 0 Å². The summed E-state index contributed by atoms with van der Waals surface area (Å²) in [4.78, 5) is 4.31. The van der Waals surface area contributed by atoms with Gasteiger partial charge in [-0.3, -0.25) is 4.99 Å². The molecule has 2 aromatic rings. The van der Waals surface area contributed by atoms with E-state index in [-0.39, 0.29) is 0 Å². The second-order valence-corrected chi connectivity index (χ2v) is 5.51. The van der Waals surface area contributed by atoms with Crippen LogP contribution in [0.15, 0.2) is 41.4 Å². The van der Waals surface area contributed by atoms with E-state index >= 15 is 0 Å². The first kappa shape index (κ1) is 15.4. The summed E-state index contributed by atoms with van der Waals surface area (Å²) < 4.78 is 0. The Balaban J connectivity index is 2.01. The summed E-state index contributed by atoms with van der Waals surface area (Å²) in [6.07, 6.45) is 1.82. The third-order valence-corrected chi connectivity index (χ3v) is 3.60. The maximum atomic E-state index is 5.84. The fourth-order valence-electron chi connectivity index (χ4n) is 1.98. The molecule has 0 aliphatic rings. The highest BCUT2D eigenvalue weighted by Crippen LogP contribution is 2.14. The second-order valence-electron chi connectivity index (χ2n) is 5.07. The molecular weight excluding hydrogens is 278 g/mol. The Labute approximate surface area is 131 Å². The third-order valence-electron chi connectivity index (χ3n) is 3.34. The van der Waals surface area contributed by atoms with E-state index in [1.807, 2.05) is 30.5 Å². The number of rotatable bonds is 2. The van der Waals surface area contributed by atoms with Gasteiger partial charge < -0.3 is 0 Å². The van der Waals surface area contributed by atoms with Crippen LogP contribution >= 0.6 is 11.6 Å². The van der Waals surface area contributed by atoms with Crippen molar-refractivity contribution in [2.24, 2.45) is 4.99 Å². The summed E-state index contributed by atoms with van der Waals surface area (Å²) in [5.74, 6) is 6.29. The van der Waals surface area contributed by atoms with E-state index in [0.717, 1.165) is 16.1 Å². The first-order chi connectivity index (χ1) is 10.1. The molecule has 0 spiro atoms. The van der Waals surface area contributed by atoms with Crippen LogP contribution < -0.4 is 0 Å². The summed E-state index contributed by atoms with van der Waals surface area (Å²) in [5.41, 5.74) is 5.91. The molecule has 2 aromatic carbocycles. The Morgan fingerprint density at radius 3 is 2.38 bits per heavy atom. The van der Waals surface area contributed by atoms with Crippen molar-refractivity contribution in [2.45, 2.75) is 20.8 Å². The lowest BCUT2D eigenvalue weighted by Gasteiger charge is -2.03. The molecule has 2 rings (SSSR count). The largest absolute Gasteiger partial charge is 0.280 e. The van der Waals surface area contributed by atoms with Gasteiger partial charge in [0.25, 0.3) is 0 Å². The molecule has 0 atom stereocenters. The first-order valence-corrected chi connectivity index (χ1v) is 7.26. The summed E-state index contributed by atoms with van der Waals surface area (Å²) >= 11 is 5.84. The lowest BCUT2D eigenvalue weighted by atomic mass is 10.0. The zero-order chi connectivity index (χ0) is 15.2. The van der Waals surface area contributed by atoms with Crippen molar-refractivity contribution >= 4 is 17.8 Å². The lowest BCUT2D eigenvalue weighted by Crippen LogP contribution is -1.88. The number of hydrogen-bond donors (Lipinski definition) is 0. The quantitative estimate of drug-likeness (QED) is 0.561. The van der Waals surface area contributed by atoms with E-state index in [0.29, 0.717) is 6.54 Å². The van der Waals surface area contributed by atoms with Crippen molar-refractivity contribution in [3.63, 3.8) is 0 Å². The average Bonchev–Trinajstić information content (AvgIpc) is 2.46. The van der Waals surface area contributed by atoms with E-state index in [9.17, 15) is 0 Å². The predicted octanol–water partition coefficient (Wildman–Crippen LogP) is 4.74. The minimum atomic E-state index is 0.495. The Morgan fingerprint density at radius 1 is 1.00 bits per heavy atom. The summed E-state index contributed by atoms with van der Waals surface area (Å²) in [5, 5.41) is 0.733. The highest BCUT2D eigenvalue weighted by atomic mass is 35.5. The Morgan fingerprint density at radius 2 is 1.67 bits per heavy atom. The molecule has 0 aromatic heterocycles. The first-order valence-electron chi connectivity index (χ1n) is 6.88. The van der Waals surface area contributed by atoms with Crippen LogP contribution in [0, 0.1) is 32.6 Å². The van der Waals surface area contributed by atoms with Crippen molar-refractivity contribution in [2.75, 3.05) is 6.54 Å². The number of hydrogen-bond acceptors (Lipinski definition) is 1. The molecule has 0 amide bonds. The van der Waals surface area contributed by atoms with Crippen LogP contribution in [0.5, 0.6) is 0 Å². The van der Waals surface area contributed by atoms with E-state index in [2.05, 4.69) is 49.7 Å². The number of aliphatic imine (C=N–C) groups is 1. The lowest BCUT2D eigenvalue weighted by molar-refractivity contribution is 1.28. The van der Waals surface area contributed by atoms with Gasteiger partial charge in [-0.15, -0.1) is 0 Å². The molecule has 0 saturated carbocycles. The highest BCUT2D eigenvalue weighted by molar-refractivity contribution is 6.30. The Bertz CT molecular complexity index is 716. The molecule has 2 heteroatoms. The molecule has 0 saturated heterocycles. The molecule has 1 nitrogen and oxygen atoms in total. The molecule has 106 valence electrons. The van der Waals surface area contributed by atoms with Gasteiger partial charge in [0.2, 0.25) is 0 Å². The van der Waals surface area contributed by atoms with E-state index < -0.39 is 0 Å². The van der Waals surface area contributed by atoms with Gasteiger partial charge in [-0.05, 0) is 61.2 Å². The minimum absolute atomic E-state index is 0.495. The van der Waals surface area contributed by atoms with Gasteiger partial charge in [-0.2, -0.15) is 0 Å². The van der Waals surface area contributed by atoms with Crippen molar-refractivity contribution in [3.8, 4) is 11.8 Å². The Hall–Kier alpha value is -2.04. The standard InChI is InChI=1S/C19H18ClN/c1-14-11-16(3)18(12-15(14)2)5-4-10-21-13-17-6-8-19(20)9-7-17/h6-9,11-13H,10H2,1-3H3. The van der Waals surface area contributed by atoms with Crippen LogP contribution in [-0.4, -0.2) is 12.8 Å². The van der Waals surface area contributed by atoms with Crippen LogP contribution in [0.25, 0.3) is 0 Å². The number of benzene rings is 2. The zero-order valence-corrected chi connectivity index (χ0v) is 13.3. The van der Waals surface area contributed by atoms with Gasteiger partial charge in [-0.1, -0.05) is 41.6 Å². The minimum Gasteiger partial charge on any atom is -0.280 e. The van der Waals surface area contributed by atoms with Crippen LogP contribution in [0.4, 0.5) is 0 Å². The van der Waals surface area contributed by atoms with Gasteiger partial charge in [-0.25, -0.2) is 0 Å². The molecule has 0 N–H and O–H groups in total. The van der Waals surface area contributed by atoms with Crippen LogP contribution in [0.2, 0.25) is 5.02 Å². The molecule has 0 aliphatic carbocycles. The fourth-order valence-corrected chi connectivity index (χ4v) is 2.10. The molecule has 0 bridgehead atoms. The second kappa shape index (κ2) is 7.11. The van der Waals surface area contributed by atoms with Crippen LogP contribution in [0.1, 0.15) is 27.8 Å². The molecular formula is C19H18ClN. The maximum Gasteiger partial charge on any atom is 0.100 e. The zero-order valence-electron chi connectivity index (χ0n) is 12.6. The van der Waals surface area contributed by atoms with Gasteiger partial charge >= 0.3 is 0 Å². The molecule has 0 fully saturated rings. The van der Waals surface area contributed by atoms with E-state index in [1.165, 1.54) is 16.7 Å². The van der Waals surface area contributed by atoms with Crippen LogP contribution in [-0.2, 0) is 0 Å². The van der Waals surface area contributed by atoms with Gasteiger partial charge in [0, 0.05) is 16.8 Å². The summed E-state index contributed by atoms with van der Waals surface area (Å²) in [7, 11) is 0. The van der Waals surface area contributed by atoms with Crippen molar-refractivity contribution in [1.82, 2.24) is 0 Å². The SMILES string of the molecule is Cc1cc(C)c(C#CCN=Cc2ccc(Cl)cc2)cc1C. The van der Waals surface area contributed by atoms with Crippen molar-refractivity contribution in [1.29, 1.82) is 0 Å². The monoisotopic (exact) mass is 295 g/mol. The third kappa shape index (κ3) is 4.48. The molecule has 0 aliphatic heterocycles. The molecule has 21 heavy (non-hydrogen) atoms. The van der Waals surface area contributed by atoms with Crippen molar-refractivity contribution in [3.05, 3.63) is 69.2 Å². The number of halogens is 1. The maximum absolute atomic E-state index is 5.84. The summed E-state index contributed by atoms with van der Waals surface area (Å²) in [6.45, 7) is 6.82. The highest BCUT2D eigenvalue weighted by Gasteiger charge is 1.98. The molecule has 0 unspecified atom stereocenters. The smallest absolute Gasteiger partial charge is 0.100 e. The fraction of sp³-hybridized carbons (Fsp3) is 0.211. The summed E-state index contributed by atoms with van der Waals surface area (Å²) in [6, 6.07) is 11.9. The van der Waals surface area contributed by atoms with E-state index in [1.54, 1.807) is 0 Å². The molecule has 0 heterocycles. The van der Waals surface area contributed by atoms with Crippen LogP contribution in [0.3, 0.4) is 0 Å². The predicted molar refractivity (Wildman–Crippen MR) is 91.4 cm³/mol. The van der Waals surface area contributed by atoms with Gasteiger partial charge in [0.15, 0.2) is 0 Å². The Kier molecular flexibility index (Phi) is 5.20. The normalized spacial score (nSPS) is 10.5. The molecule has 0 radical (unpaired) electrons. The van der Waals surface area contributed by atoms with Gasteiger partial charge in [0.1, 0.15) is 6.54 Å². The van der Waals surface area contributed by atoms with Crippen molar-refractivity contribution < 1.29 is 0 Å².